The van der Waals surface area contributed by atoms with Crippen molar-refractivity contribution in [2.45, 2.75) is 27.7 Å². The Morgan fingerprint density at radius 3 is 2.69 bits per heavy atom. The molecular formula is C24H26N8O2S. The number of carbonyl (C=O) groups is 2. The molecule has 0 spiro atoms. The molecule has 2 amide bonds. The quantitative estimate of drug-likeness (QED) is 0.425. The lowest BCUT2D eigenvalue weighted by molar-refractivity contribution is -0.120. The number of anilines is 2. The minimum Gasteiger partial charge on any atom is -0.324 e. The van der Waals surface area contributed by atoms with E-state index in [1.54, 1.807) is 36.1 Å². The van der Waals surface area contributed by atoms with Crippen LogP contribution >= 0.6 is 11.3 Å². The van der Waals surface area contributed by atoms with E-state index >= 15 is 0 Å². The van der Waals surface area contributed by atoms with Crippen LogP contribution < -0.4 is 10.6 Å². The van der Waals surface area contributed by atoms with Crippen molar-refractivity contribution in [3.05, 3.63) is 53.9 Å². The third kappa shape index (κ3) is 4.77. The second kappa shape index (κ2) is 8.82. The molecule has 0 bridgehead atoms. The first-order valence-corrected chi connectivity index (χ1v) is 12.1. The molecule has 0 aromatic carbocycles. The molecule has 0 aliphatic carbocycles. The van der Waals surface area contributed by atoms with E-state index in [9.17, 15) is 9.59 Å². The van der Waals surface area contributed by atoms with E-state index in [-0.39, 0.29) is 17.2 Å². The van der Waals surface area contributed by atoms with Gasteiger partial charge in [-0.2, -0.15) is 15.3 Å². The van der Waals surface area contributed by atoms with Gasteiger partial charge in [-0.3, -0.25) is 19.5 Å². The number of carbonyl (C=O) groups excluding carboxylic acids is 2. The van der Waals surface area contributed by atoms with E-state index in [0.29, 0.717) is 29.2 Å². The van der Waals surface area contributed by atoms with Gasteiger partial charge in [-0.05, 0) is 31.4 Å². The first kappa shape index (κ1) is 23.1. The Hall–Kier alpha value is -3.70. The summed E-state index contributed by atoms with van der Waals surface area (Å²) in [4.78, 5) is 33.7. The molecule has 35 heavy (non-hydrogen) atoms. The molecule has 5 rings (SSSR count). The molecule has 10 nitrogen and oxygen atoms in total. The number of aryl methyl sites for hydroxylation is 2. The molecular weight excluding hydrogens is 464 g/mol. The smallest absolute Gasteiger partial charge is 0.260 e. The van der Waals surface area contributed by atoms with E-state index in [0.717, 1.165) is 34.1 Å². The SMILES string of the molecule is Cc1ncc(NC(=O)CN2CC(C)(C)C2)cc1NC(=O)c1cnn2cc(-c3ccnnc3C)sc12. The van der Waals surface area contributed by atoms with Crippen molar-refractivity contribution >= 4 is 39.4 Å². The lowest BCUT2D eigenvalue weighted by Crippen LogP contribution is -2.54. The number of nitrogens with one attached hydrogen (secondary N) is 2. The molecule has 0 saturated carbocycles. The standard InChI is InChI=1S/C24H26N8O2S/c1-14-17(5-6-26-30-14)20-10-32-23(35-20)18(9-27-32)22(34)29-19-7-16(8-25-15(19)2)28-21(33)11-31-12-24(3,4)13-31/h5-10H,11-13H2,1-4H3,(H,28,33)(H,29,34). The summed E-state index contributed by atoms with van der Waals surface area (Å²) in [5.74, 6) is -0.400. The molecule has 0 atom stereocenters. The highest BCUT2D eigenvalue weighted by Crippen LogP contribution is 2.32. The average molecular weight is 491 g/mol. The first-order valence-electron chi connectivity index (χ1n) is 11.2. The summed E-state index contributed by atoms with van der Waals surface area (Å²) in [6, 6.07) is 3.62. The van der Waals surface area contributed by atoms with Gasteiger partial charge in [0.15, 0.2) is 0 Å². The Balaban J connectivity index is 1.31. The fourth-order valence-corrected chi connectivity index (χ4v) is 5.46. The summed E-state index contributed by atoms with van der Waals surface area (Å²) in [5.41, 5.74) is 4.19. The zero-order chi connectivity index (χ0) is 24.7. The Morgan fingerprint density at radius 1 is 1.14 bits per heavy atom. The molecule has 2 N–H and O–H groups in total. The highest BCUT2D eigenvalue weighted by molar-refractivity contribution is 7.21. The van der Waals surface area contributed by atoms with Crippen LogP contribution in [0.5, 0.6) is 0 Å². The van der Waals surface area contributed by atoms with Crippen LogP contribution in [0.2, 0.25) is 0 Å². The monoisotopic (exact) mass is 490 g/mol. The van der Waals surface area contributed by atoms with E-state index in [1.807, 2.05) is 19.2 Å². The zero-order valence-corrected chi connectivity index (χ0v) is 20.8. The lowest BCUT2D eigenvalue weighted by Gasteiger charge is -2.45. The van der Waals surface area contributed by atoms with Crippen LogP contribution in [-0.2, 0) is 4.79 Å². The second-order valence-corrected chi connectivity index (χ2v) is 10.6. The summed E-state index contributed by atoms with van der Waals surface area (Å²) < 4.78 is 1.69. The van der Waals surface area contributed by atoms with Gasteiger partial charge in [-0.15, -0.1) is 11.3 Å². The average Bonchev–Trinajstić information content (AvgIpc) is 3.36. The van der Waals surface area contributed by atoms with E-state index < -0.39 is 0 Å². The largest absolute Gasteiger partial charge is 0.324 e. The summed E-state index contributed by atoms with van der Waals surface area (Å²) in [6.45, 7) is 10.2. The Labute approximate surface area is 206 Å². The molecule has 1 saturated heterocycles. The van der Waals surface area contributed by atoms with Crippen molar-refractivity contribution in [1.82, 2.24) is 29.7 Å². The van der Waals surface area contributed by atoms with Crippen LogP contribution in [-0.4, -0.2) is 61.1 Å². The van der Waals surface area contributed by atoms with Crippen molar-refractivity contribution in [3.8, 4) is 10.4 Å². The number of hydrogen-bond donors (Lipinski definition) is 2. The number of thiazole rings is 1. The summed E-state index contributed by atoms with van der Waals surface area (Å²) in [6.07, 6.45) is 6.66. The molecule has 0 unspecified atom stereocenters. The third-order valence-corrected chi connectivity index (χ3v) is 7.05. The lowest BCUT2D eigenvalue weighted by atomic mass is 9.84. The predicted octanol–water partition coefficient (Wildman–Crippen LogP) is 3.40. The van der Waals surface area contributed by atoms with Crippen LogP contribution in [0.1, 0.15) is 35.6 Å². The van der Waals surface area contributed by atoms with Crippen molar-refractivity contribution in [1.29, 1.82) is 0 Å². The van der Waals surface area contributed by atoms with Crippen molar-refractivity contribution in [2.75, 3.05) is 30.3 Å². The van der Waals surface area contributed by atoms with E-state index in [1.165, 1.54) is 11.3 Å². The van der Waals surface area contributed by atoms with Gasteiger partial charge in [0, 0.05) is 24.8 Å². The van der Waals surface area contributed by atoms with Gasteiger partial charge in [0.25, 0.3) is 5.91 Å². The molecule has 11 heteroatoms. The normalized spacial score (nSPS) is 15.1. The van der Waals surface area contributed by atoms with Crippen LogP contribution in [0.3, 0.4) is 0 Å². The van der Waals surface area contributed by atoms with E-state index in [2.05, 4.69) is 49.7 Å². The van der Waals surface area contributed by atoms with Gasteiger partial charge in [0.2, 0.25) is 5.91 Å². The van der Waals surface area contributed by atoms with Crippen molar-refractivity contribution < 1.29 is 9.59 Å². The zero-order valence-electron chi connectivity index (χ0n) is 20.0. The maximum absolute atomic E-state index is 13.1. The first-order chi connectivity index (χ1) is 16.7. The number of hydrogen-bond acceptors (Lipinski definition) is 8. The van der Waals surface area contributed by atoms with Crippen molar-refractivity contribution in [3.63, 3.8) is 0 Å². The fraction of sp³-hybridized carbons (Fsp3) is 0.333. The summed E-state index contributed by atoms with van der Waals surface area (Å²) in [5, 5.41) is 18.1. The molecule has 0 radical (unpaired) electrons. The third-order valence-electron chi connectivity index (χ3n) is 5.90. The van der Waals surface area contributed by atoms with Gasteiger partial charge in [0.1, 0.15) is 4.83 Å². The van der Waals surface area contributed by atoms with Crippen LogP contribution in [0.4, 0.5) is 11.4 Å². The number of likely N-dealkylation sites (tertiary alicyclic amines) is 1. The molecule has 4 aromatic rings. The molecule has 180 valence electrons. The second-order valence-electron chi connectivity index (χ2n) is 9.60. The van der Waals surface area contributed by atoms with Crippen LogP contribution in [0.25, 0.3) is 15.3 Å². The summed E-state index contributed by atoms with van der Waals surface area (Å²) in [7, 11) is 0. The molecule has 1 aliphatic heterocycles. The highest BCUT2D eigenvalue weighted by Gasteiger charge is 2.34. The Bertz CT molecular complexity index is 1430. The maximum atomic E-state index is 13.1. The number of rotatable bonds is 6. The minimum absolute atomic E-state index is 0.103. The number of amides is 2. The minimum atomic E-state index is -0.297. The van der Waals surface area contributed by atoms with Gasteiger partial charge >= 0.3 is 0 Å². The highest BCUT2D eigenvalue weighted by atomic mass is 32.1. The number of fused-ring (bicyclic) bond motifs is 1. The number of aromatic nitrogens is 5. The van der Waals surface area contributed by atoms with Crippen LogP contribution in [0, 0.1) is 19.3 Å². The Morgan fingerprint density at radius 2 is 1.94 bits per heavy atom. The van der Waals surface area contributed by atoms with Gasteiger partial charge < -0.3 is 10.6 Å². The van der Waals surface area contributed by atoms with Crippen LogP contribution in [0.15, 0.2) is 36.9 Å². The fourth-order valence-electron chi connectivity index (χ4n) is 4.33. The topological polar surface area (TPSA) is 117 Å². The van der Waals surface area contributed by atoms with Gasteiger partial charge in [-0.25, -0.2) is 4.52 Å². The van der Waals surface area contributed by atoms with Gasteiger partial charge in [0.05, 0.1) is 58.3 Å². The molecule has 5 heterocycles. The predicted molar refractivity (Wildman–Crippen MR) is 135 cm³/mol. The van der Waals surface area contributed by atoms with Gasteiger partial charge in [-0.1, -0.05) is 13.8 Å². The van der Waals surface area contributed by atoms with Crippen molar-refractivity contribution in [2.24, 2.45) is 5.41 Å². The van der Waals surface area contributed by atoms with E-state index in [4.69, 9.17) is 0 Å². The molecule has 1 fully saturated rings. The summed E-state index contributed by atoms with van der Waals surface area (Å²) >= 11 is 1.46. The number of nitrogens with zero attached hydrogens (tertiary/aromatic N) is 6. The number of pyridine rings is 1. The molecule has 1 aliphatic rings. The Kier molecular flexibility index (Phi) is 5.81. The maximum Gasteiger partial charge on any atom is 0.260 e. The molecule has 4 aromatic heterocycles.